The van der Waals surface area contributed by atoms with Crippen molar-refractivity contribution in [3.8, 4) is 0 Å². The molecule has 6 nitrogen and oxygen atoms in total. The third-order valence-electron chi connectivity index (χ3n) is 4.71. The number of hydrogen-bond donors (Lipinski definition) is 0. The minimum Gasteiger partial charge on any atom is -0.333 e. The number of carbonyl (C=O) groups excluding carboxylic acids is 1. The fourth-order valence-electron chi connectivity index (χ4n) is 3.54. The third-order valence-corrected chi connectivity index (χ3v) is 4.71. The average molecular weight is 353 g/mol. The summed E-state index contributed by atoms with van der Waals surface area (Å²) in [6.45, 7) is 1.44. The molecule has 0 N–H and O–H groups in total. The highest BCUT2D eigenvalue weighted by Gasteiger charge is 2.32. The normalized spacial score (nSPS) is 17.0. The van der Waals surface area contributed by atoms with E-state index in [4.69, 9.17) is 0 Å². The summed E-state index contributed by atoms with van der Waals surface area (Å²) >= 11 is 0. The predicted octanol–water partition coefficient (Wildman–Crippen LogP) is 2.32. The molecule has 1 aromatic carbocycles. The lowest BCUT2D eigenvalue weighted by atomic mass is 10.1. The van der Waals surface area contributed by atoms with E-state index in [0.29, 0.717) is 12.1 Å². The second-order valence-electron chi connectivity index (χ2n) is 6.58. The summed E-state index contributed by atoms with van der Waals surface area (Å²) in [5, 5.41) is 4.26. The first kappa shape index (κ1) is 16.5. The molecule has 4 rings (SSSR count). The van der Waals surface area contributed by atoms with Crippen LogP contribution in [-0.2, 0) is 24.8 Å². The van der Waals surface area contributed by atoms with Crippen LogP contribution in [0.2, 0.25) is 0 Å². The number of nitrogens with zero attached hydrogens (tertiary/aromatic N) is 5. The van der Waals surface area contributed by atoms with Crippen molar-refractivity contribution in [2.24, 2.45) is 7.05 Å². The van der Waals surface area contributed by atoms with Crippen molar-refractivity contribution in [3.05, 3.63) is 71.8 Å². The van der Waals surface area contributed by atoms with Crippen LogP contribution < -0.4 is 0 Å². The van der Waals surface area contributed by atoms with Crippen molar-refractivity contribution in [1.82, 2.24) is 24.2 Å². The number of rotatable bonds is 3. The molecule has 0 aliphatic carbocycles. The number of carbonyl (C=O) groups is 1. The molecule has 1 atom stereocenters. The summed E-state index contributed by atoms with van der Waals surface area (Å²) in [6.07, 6.45) is 8.40. The van der Waals surface area contributed by atoms with Crippen molar-refractivity contribution in [2.75, 3.05) is 6.54 Å². The van der Waals surface area contributed by atoms with Gasteiger partial charge >= 0.3 is 0 Å². The largest absolute Gasteiger partial charge is 0.333 e. The number of fused-ring (bicyclic) bond motifs is 1. The molecular weight excluding hydrogens is 333 g/mol. The molecule has 3 heterocycles. The Bertz CT molecular complexity index is 931. The fourth-order valence-corrected chi connectivity index (χ4v) is 3.54. The molecular formula is C19H20FN5O. The minimum absolute atomic E-state index is 0.0408. The summed E-state index contributed by atoms with van der Waals surface area (Å²) in [5.74, 6) is 0.467. The lowest BCUT2D eigenvalue weighted by Crippen LogP contribution is -2.37. The number of imidazole rings is 1. The second-order valence-corrected chi connectivity index (χ2v) is 6.58. The van der Waals surface area contributed by atoms with Crippen molar-refractivity contribution in [3.63, 3.8) is 0 Å². The Labute approximate surface area is 150 Å². The van der Waals surface area contributed by atoms with Crippen LogP contribution in [0.5, 0.6) is 0 Å². The van der Waals surface area contributed by atoms with Gasteiger partial charge in [-0.2, -0.15) is 5.10 Å². The number of benzene rings is 1. The van der Waals surface area contributed by atoms with Gasteiger partial charge in [0.2, 0.25) is 5.91 Å². The smallest absolute Gasteiger partial charge is 0.227 e. The highest BCUT2D eigenvalue weighted by atomic mass is 19.1. The van der Waals surface area contributed by atoms with E-state index >= 15 is 0 Å². The minimum atomic E-state index is -0.328. The van der Waals surface area contributed by atoms with Crippen LogP contribution in [-0.4, -0.2) is 36.7 Å². The average Bonchev–Trinajstić information content (AvgIpc) is 3.20. The van der Waals surface area contributed by atoms with E-state index in [2.05, 4.69) is 14.6 Å². The standard InChI is InChI=1S/C19H20FN5O/c1-23-13-15(12-22-23)18-19-21-6-9-24(19)7-3-8-25(18)17(26)11-14-4-2-5-16(20)10-14/h2,4-6,9-10,12-13,18H,3,7-8,11H2,1H3. The van der Waals surface area contributed by atoms with Crippen LogP contribution in [0, 0.1) is 5.82 Å². The highest BCUT2D eigenvalue weighted by Crippen LogP contribution is 2.30. The Morgan fingerprint density at radius 3 is 3.00 bits per heavy atom. The van der Waals surface area contributed by atoms with Crippen molar-refractivity contribution in [1.29, 1.82) is 0 Å². The van der Waals surface area contributed by atoms with E-state index in [1.54, 1.807) is 29.2 Å². The molecule has 134 valence electrons. The Hall–Kier alpha value is -2.96. The Balaban J connectivity index is 1.69. The van der Waals surface area contributed by atoms with Crippen molar-refractivity contribution < 1.29 is 9.18 Å². The summed E-state index contributed by atoms with van der Waals surface area (Å²) < 4.78 is 17.3. The topological polar surface area (TPSA) is 56.0 Å². The Kier molecular flexibility index (Phi) is 4.28. The summed E-state index contributed by atoms with van der Waals surface area (Å²) in [5.41, 5.74) is 1.60. The predicted molar refractivity (Wildman–Crippen MR) is 93.7 cm³/mol. The van der Waals surface area contributed by atoms with E-state index < -0.39 is 0 Å². The number of halogens is 1. The molecule has 2 aromatic heterocycles. The van der Waals surface area contributed by atoms with E-state index in [9.17, 15) is 9.18 Å². The first-order valence-corrected chi connectivity index (χ1v) is 8.65. The van der Waals surface area contributed by atoms with Crippen molar-refractivity contribution >= 4 is 5.91 Å². The van der Waals surface area contributed by atoms with Gasteiger partial charge in [-0.1, -0.05) is 12.1 Å². The van der Waals surface area contributed by atoms with Crippen LogP contribution >= 0.6 is 0 Å². The maximum Gasteiger partial charge on any atom is 0.227 e. The monoisotopic (exact) mass is 353 g/mol. The zero-order chi connectivity index (χ0) is 18.1. The molecule has 0 spiro atoms. The molecule has 0 bridgehead atoms. The van der Waals surface area contributed by atoms with Gasteiger partial charge in [-0.15, -0.1) is 0 Å². The lowest BCUT2D eigenvalue weighted by Gasteiger charge is -2.29. The van der Waals surface area contributed by atoms with Crippen LogP contribution in [0.3, 0.4) is 0 Å². The molecule has 1 aliphatic heterocycles. The SMILES string of the molecule is Cn1cc(C2c3nccn3CCCN2C(=O)Cc2cccc(F)c2)cn1. The van der Waals surface area contributed by atoms with Crippen LogP contribution in [0.1, 0.15) is 29.4 Å². The molecule has 1 amide bonds. The van der Waals surface area contributed by atoms with E-state index in [1.165, 1.54) is 12.1 Å². The molecule has 1 aliphatic rings. The maximum atomic E-state index is 13.5. The van der Waals surface area contributed by atoms with Gasteiger partial charge in [-0.3, -0.25) is 9.48 Å². The fraction of sp³-hybridized carbons (Fsp3) is 0.316. The molecule has 0 saturated carbocycles. The van der Waals surface area contributed by atoms with Crippen molar-refractivity contribution in [2.45, 2.75) is 25.4 Å². The summed E-state index contributed by atoms with van der Waals surface area (Å²) in [7, 11) is 1.85. The number of aromatic nitrogens is 4. The summed E-state index contributed by atoms with van der Waals surface area (Å²) in [4.78, 5) is 19.4. The van der Waals surface area contributed by atoms with Gasteiger partial charge in [-0.25, -0.2) is 9.37 Å². The third kappa shape index (κ3) is 3.12. The van der Waals surface area contributed by atoms with Gasteiger partial charge in [0, 0.05) is 44.3 Å². The van der Waals surface area contributed by atoms with Crippen LogP contribution in [0.4, 0.5) is 4.39 Å². The number of hydrogen-bond acceptors (Lipinski definition) is 3. The van der Waals surface area contributed by atoms with E-state index in [0.717, 1.165) is 24.4 Å². The molecule has 0 saturated heterocycles. The second kappa shape index (κ2) is 6.74. The molecule has 26 heavy (non-hydrogen) atoms. The summed E-state index contributed by atoms with van der Waals surface area (Å²) in [6, 6.07) is 5.91. The Morgan fingerprint density at radius 2 is 2.23 bits per heavy atom. The number of aryl methyl sites for hydroxylation is 2. The zero-order valence-electron chi connectivity index (χ0n) is 14.5. The molecule has 1 unspecified atom stereocenters. The van der Waals surface area contributed by atoms with Gasteiger partial charge < -0.3 is 9.47 Å². The van der Waals surface area contributed by atoms with Gasteiger partial charge in [0.15, 0.2) is 0 Å². The van der Waals surface area contributed by atoms with E-state index in [-0.39, 0.29) is 24.2 Å². The van der Waals surface area contributed by atoms with Gasteiger partial charge in [0.25, 0.3) is 0 Å². The quantitative estimate of drug-likeness (QED) is 0.726. The van der Waals surface area contributed by atoms with Crippen LogP contribution in [0.25, 0.3) is 0 Å². The molecule has 0 fully saturated rings. The zero-order valence-corrected chi connectivity index (χ0v) is 14.5. The van der Waals surface area contributed by atoms with E-state index in [1.807, 2.05) is 24.3 Å². The molecule has 0 radical (unpaired) electrons. The first-order valence-electron chi connectivity index (χ1n) is 8.65. The van der Waals surface area contributed by atoms with Gasteiger partial charge in [0.05, 0.1) is 12.6 Å². The molecule has 3 aromatic rings. The lowest BCUT2D eigenvalue weighted by molar-refractivity contribution is -0.132. The molecule has 7 heteroatoms. The van der Waals surface area contributed by atoms with Gasteiger partial charge in [0.1, 0.15) is 17.7 Å². The number of amides is 1. The maximum absolute atomic E-state index is 13.5. The van der Waals surface area contributed by atoms with Crippen LogP contribution in [0.15, 0.2) is 49.1 Å². The highest BCUT2D eigenvalue weighted by molar-refractivity contribution is 5.79. The first-order chi connectivity index (χ1) is 12.6. The van der Waals surface area contributed by atoms with Gasteiger partial charge in [-0.05, 0) is 24.1 Å². The Morgan fingerprint density at radius 1 is 1.35 bits per heavy atom.